The van der Waals surface area contributed by atoms with Crippen LogP contribution in [0.25, 0.3) is 0 Å². The highest BCUT2D eigenvalue weighted by molar-refractivity contribution is 5.97. The molecule has 0 saturated carbocycles. The van der Waals surface area contributed by atoms with E-state index in [0.717, 1.165) is 26.2 Å². The van der Waals surface area contributed by atoms with E-state index < -0.39 is 0 Å². The molecule has 1 amide bonds. The Bertz CT molecular complexity index is 457. The van der Waals surface area contributed by atoms with Crippen molar-refractivity contribution in [3.05, 3.63) is 29.8 Å². The van der Waals surface area contributed by atoms with E-state index in [1.807, 2.05) is 29.2 Å². The molecule has 1 aliphatic heterocycles. The number of nitrogens with one attached hydrogen (secondary N) is 1. The van der Waals surface area contributed by atoms with E-state index in [2.05, 4.69) is 19.2 Å². The van der Waals surface area contributed by atoms with Crippen molar-refractivity contribution in [2.24, 2.45) is 5.41 Å². The molecular formula is C15H22N2O2. The highest BCUT2D eigenvalue weighted by atomic mass is 16.5. The van der Waals surface area contributed by atoms with E-state index in [1.165, 1.54) is 0 Å². The van der Waals surface area contributed by atoms with Crippen molar-refractivity contribution in [1.29, 1.82) is 0 Å². The first kappa shape index (κ1) is 13.9. The SMILES string of the molecule is COc1ccccc1C(=O)N1CCNCC(C)(C)C1. The maximum atomic E-state index is 12.6. The van der Waals surface area contributed by atoms with Crippen molar-refractivity contribution in [2.75, 3.05) is 33.3 Å². The van der Waals surface area contributed by atoms with Gasteiger partial charge in [-0.1, -0.05) is 26.0 Å². The molecule has 1 N–H and O–H groups in total. The lowest BCUT2D eigenvalue weighted by atomic mass is 9.93. The van der Waals surface area contributed by atoms with Crippen LogP contribution in [0.4, 0.5) is 0 Å². The molecule has 0 atom stereocenters. The van der Waals surface area contributed by atoms with Crippen LogP contribution in [0.2, 0.25) is 0 Å². The van der Waals surface area contributed by atoms with Crippen molar-refractivity contribution in [3.8, 4) is 5.75 Å². The van der Waals surface area contributed by atoms with Crippen LogP contribution in [0.5, 0.6) is 5.75 Å². The Morgan fingerprint density at radius 1 is 1.37 bits per heavy atom. The summed E-state index contributed by atoms with van der Waals surface area (Å²) in [7, 11) is 1.60. The summed E-state index contributed by atoms with van der Waals surface area (Å²) in [5.74, 6) is 0.691. The molecule has 2 rings (SSSR count). The van der Waals surface area contributed by atoms with Gasteiger partial charge in [-0.05, 0) is 17.5 Å². The fraction of sp³-hybridized carbons (Fsp3) is 0.533. The summed E-state index contributed by atoms with van der Waals surface area (Å²) in [6.07, 6.45) is 0. The lowest BCUT2D eigenvalue weighted by Gasteiger charge is -2.29. The summed E-state index contributed by atoms with van der Waals surface area (Å²) < 4.78 is 5.28. The molecule has 4 heteroatoms. The van der Waals surface area contributed by atoms with Gasteiger partial charge in [0.2, 0.25) is 0 Å². The summed E-state index contributed by atoms with van der Waals surface area (Å²) in [6.45, 7) is 7.62. The Morgan fingerprint density at radius 3 is 2.84 bits per heavy atom. The third-order valence-electron chi connectivity index (χ3n) is 3.41. The van der Waals surface area contributed by atoms with Gasteiger partial charge < -0.3 is 15.0 Å². The number of carbonyl (C=O) groups is 1. The molecule has 0 spiro atoms. The predicted octanol–water partition coefficient (Wildman–Crippen LogP) is 1.77. The highest BCUT2D eigenvalue weighted by Crippen LogP contribution is 2.23. The van der Waals surface area contributed by atoms with Crippen LogP contribution in [0.1, 0.15) is 24.2 Å². The normalized spacial score (nSPS) is 18.8. The van der Waals surface area contributed by atoms with Gasteiger partial charge in [0.15, 0.2) is 0 Å². The number of benzene rings is 1. The van der Waals surface area contributed by atoms with Crippen LogP contribution in [-0.4, -0.2) is 44.1 Å². The zero-order valence-corrected chi connectivity index (χ0v) is 11.9. The highest BCUT2D eigenvalue weighted by Gasteiger charge is 2.28. The van der Waals surface area contributed by atoms with Gasteiger partial charge in [0.05, 0.1) is 12.7 Å². The maximum absolute atomic E-state index is 12.6. The molecule has 0 bridgehead atoms. The molecule has 0 radical (unpaired) electrons. The fourth-order valence-electron chi connectivity index (χ4n) is 2.46. The molecule has 1 saturated heterocycles. The van der Waals surface area contributed by atoms with Crippen LogP contribution in [0.3, 0.4) is 0 Å². The Kier molecular flexibility index (Phi) is 4.10. The molecular weight excluding hydrogens is 240 g/mol. The van der Waals surface area contributed by atoms with Gasteiger partial charge in [-0.15, -0.1) is 0 Å². The zero-order chi connectivity index (χ0) is 13.9. The number of hydrogen-bond donors (Lipinski definition) is 1. The molecule has 4 nitrogen and oxygen atoms in total. The number of amides is 1. The molecule has 1 aliphatic rings. The van der Waals surface area contributed by atoms with Crippen molar-refractivity contribution in [3.63, 3.8) is 0 Å². The van der Waals surface area contributed by atoms with Crippen LogP contribution in [0.15, 0.2) is 24.3 Å². The summed E-state index contributed by atoms with van der Waals surface area (Å²) in [4.78, 5) is 14.6. The lowest BCUT2D eigenvalue weighted by Crippen LogP contribution is -2.39. The van der Waals surface area contributed by atoms with Crippen LogP contribution >= 0.6 is 0 Å². The average molecular weight is 262 g/mol. The summed E-state index contributed by atoms with van der Waals surface area (Å²) >= 11 is 0. The molecule has 0 aliphatic carbocycles. The minimum Gasteiger partial charge on any atom is -0.496 e. The Balaban J connectivity index is 2.22. The number of hydrogen-bond acceptors (Lipinski definition) is 3. The molecule has 0 unspecified atom stereocenters. The number of nitrogens with zero attached hydrogens (tertiary/aromatic N) is 1. The van der Waals surface area contributed by atoms with Crippen molar-refractivity contribution < 1.29 is 9.53 Å². The number of methoxy groups -OCH3 is 1. The lowest BCUT2D eigenvalue weighted by molar-refractivity contribution is 0.0713. The standard InChI is InChI=1S/C15H22N2O2/c1-15(2)10-16-8-9-17(11-15)14(18)12-6-4-5-7-13(12)19-3/h4-7,16H,8-11H2,1-3H3. The third kappa shape index (κ3) is 3.26. The quantitative estimate of drug-likeness (QED) is 0.883. The number of carbonyl (C=O) groups excluding carboxylic acids is 1. The van der Waals surface area contributed by atoms with Gasteiger partial charge in [0.25, 0.3) is 5.91 Å². The van der Waals surface area contributed by atoms with E-state index in [9.17, 15) is 4.79 Å². The Morgan fingerprint density at radius 2 is 2.11 bits per heavy atom. The van der Waals surface area contributed by atoms with E-state index in [4.69, 9.17) is 4.74 Å². The van der Waals surface area contributed by atoms with Gasteiger partial charge in [-0.3, -0.25) is 4.79 Å². The van der Waals surface area contributed by atoms with Crippen LogP contribution < -0.4 is 10.1 Å². The third-order valence-corrected chi connectivity index (χ3v) is 3.41. The fourth-order valence-corrected chi connectivity index (χ4v) is 2.46. The molecule has 1 fully saturated rings. The largest absolute Gasteiger partial charge is 0.496 e. The molecule has 104 valence electrons. The first-order chi connectivity index (χ1) is 9.03. The van der Waals surface area contributed by atoms with Crippen molar-refractivity contribution in [1.82, 2.24) is 10.2 Å². The number of ether oxygens (including phenoxy) is 1. The second-order valence-corrected chi connectivity index (χ2v) is 5.77. The van der Waals surface area contributed by atoms with Gasteiger partial charge >= 0.3 is 0 Å². The Hall–Kier alpha value is -1.55. The van der Waals surface area contributed by atoms with E-state index in [1.54, 1.807) is 7.11 Å². The van der Waals surface area contributed by atoms with E-state index >= 15 is 0 Å². The first-order valence-corrected chi connectivity index (χ1v) is 6.66. The van der Waals surface area contributed by atoms with Crippen molar-refractivity contribution in [2.45, 2.75) is 13.8 Å². The first-order valence-electron chi connectivity index (χ1n) is 6.66. The molecule has 19 heavy (non-hydrogen) atoms. The van der Waals surface area contributed by atoms with Gasteiger partial charge in [-0.2, -0.15) is 0 Å². The van der Waals surface area contributed by atoms with Crippen LogP contribution in [-0.2, 0) is 0 Å². The monoisotopic (exact) mass is 262 g/mol. The minimum absolute atomic E-state index is 0.0502. The second-order valence-electron chi connectivity index (χ2n) is 5.77. The molecule has 1 aromatic rings. The zero-order valence-electron chi connectivity index (χ0n) is 11.9. The van der Waals surface area contributed by atoms with Crippen molar-refractivity contribution >= 4 is 5.91 Å². The minimum atomic E-state index is 0.0502. The van der Waals surface area contributed by atoms with E-state index in [-0.39, 0.29) is 11.3 Å². The Labute approximate surface area is 114 Å². The van der Waals surface area contributed by atoms with Gasteiger partial charge in [0.1, 0.15) is 5.75 Å². The topological polar surface area (TPSA) is 41.6 Å². The molecule has 0 aromatic heterocycles. The summed E-state index contributed by atoms with van der Waals surface area (Å²) in [5, 5.41) is 3.38. The smallest absolute Gasteiger partial charge is 0.257 e. The van der Waals surface area contributed by atoms with Crippen LogP contribution in [0, 0.1) is 5.41 Å². The van der Waals surface area contributed by atoms with E-state index in [0.29, 0.717) is 11.3 Å². The second kappa shape index (κ2) is 5.61. The maximum Gasteiger partial charge on any atom is 0.257 e. The number of rotatable bonds is 2. The van der Waals surface area contributed by atoms with Gasteiger partial charge in [-0.25, -0.2) is 0 Å². The summed E-state index contributed by atoms with van der Waals surface area (Å²) in [5.41, 5.74) is 0.733. The molecule has 1 aromatic carbocycles. The van der Waals surface area contributed by atoms with Gasteiger partial charge in [0, 0.05) is 26.2 Å². The predicted molar refractivity (Wildman–Crippen MR) is 75.5 cm³/mol. The number of para-hydroxylation sites is 1. The summed E-state index contributed by atoms with van der Waals surface area (Å²) in [6, 6.07) is 7.40. The average Bonchev–Trinajstić information content (AvgIpc) is 2.58. The molecule has 1 heterocycles.